The predicted octanol–water partition coefficient (Wildman–Crippen LogP) is 4.53. The van der Waals surface area contributed by atoms with Gasteiger partial charge >= 0.3 is 0 Å². The van der Waals surface area contributed by atoms with E-state index in [1.807, 2.05) is 12.1 Å². The Hall–Kier alpha value is -0.440. The van der Waals surface area contributed by atoms with E-state index in [4.69, 9.17) is 33.7 Å². The molecular formula is C14H21Cl2NO. The Morgan fingerprint density at radius 3 is 2.61 bits per heavy atom. The Bertz CT molecular complexity index is 380. The molecule has 0 amide bonds. The minimum absolute atomic E-state index is 0.216. The molecule has 0 fully saturated rings. The molecule has 0 atom stereocenters. The summed E-state index contributed by atoms with van der Waals surface area (Å²) in [7, 11) is 0. The molecular weight excluding hydrogens is 269 g/mol. The van der Waals surface area contributed by atoms with Gasteiger partial charge in [0, 0.05) is 0 Å². The monoisotopic (exact) mass is 289 g/mol. The first-order valence-electron chi connectivity index (χ1n) is 6.23. The number of halogens is 2. The van der Waals surface area contributed by atoms with Crippen molar-refractivity contribution < 1.29 is 4.74 Å². The highest BCUT2D eigenvalue weighted by atomic mass is 35.5. The van der Waals surface area contributed by atoms with Crippen molar-refractivity contribution in [1.82, 2.24) is 0 Å². The van der Waals surface area contributed by atoms with Crippen molar-refractivity contribution in [2.75, 3.05) is 13.2 Å². The summed E-state index contributed by atoms with van der Waals surface area (Å²) in [6.07, 6.45) is 3.20. The van der Waals surface area contributed by atoms with E-state index in [-0.39, 0.29) is 5.41 Å². The zero-order valence-corrected chi connectivity index (χ0v) is 12.5. The van der Waals surface area contributed by atoms with Gasteiger partial charge < -0.3 is 10.5 Å². The van der Waals surface area contributed by atoms with Crippen LogP contribution in [-0.2, 0) is 0 Å². The fourth-order valence-electron chi connectivity index (χ4n) is 1.59. The van der Waals surface area contributed by atoms with Crippen LogP contribution < -0.4 is 10.5 Å². The van der Waals surface area contributed by atoms with E-state index in [2.05, 4.69) is 13.8 Å². The van der Waals surface area contributed by atoms with Crippen LogP contribution in [0, 0.1) is 5.41 Å². The summed E-state index contributed by atoms with van der Waals surface area (Å²) in [5, 5.41) is 1.01. The second kappa shape index (κ2) is 7.22. The predicted molar refractivity (Wildman–Crippen MR) is 78.6 cm³/mol. The summed E-state index contributed by atoms with van der Waals surface area (Å²) in [5.74, 6) is 0.655. The summed E-state index contributed by atoms with van der Waals surface area (Å²) in [6, 6.07) is 5.42. The van der Waals surface area contributed by atoms with Crippen LogP contribution in [0.1, 0.15) is 33.1 Å². The number of nitrogens with two attached hydrogens (primary N) is 1. The van der Waals surface area contributed by atoms with Gasteiger partial charge in [0.05, 0.1) is 11.6 Å². The molecule has 102 valence electrons. The second-order valence-corrected chi connectivity index (χ2v) is 6.01. The zero-order chi connectivity index (χ0) is 13.6. The Balaban J connectivity index is 2.28. The van der Waals surface area contributed by atoms with Crippen LogP contribution in [0.2, 0.25) is 10.0 Å². The van der Waals surface area contributed by atoms with Crippen molar-refractivity contribution >= 4 is 23.2 Å². The number of hydrogen-bond acceptors (Lipinski definition) is 2. The van der Waals surface area contributed by atoms with Crippen LogP contribution in [0.3, 0.4) is 0 Å². The Morgan fingerprint density at radius 2 is 1.94 bits per heavy atom. The molecule has 0 aliphatic heterocycles. The maximum atomic E-state index is 6.03. The van der Waals surface area contributed by atoms with Gasteiger partial charge in [-0.15, -0.1) is 0 Å². The fraction of sp³-hybridized carbons (Fsp3) is 0.571. The van der Waals surface area contributed by atoms with E-state index in [0.29, 0.717) is 28.9 Å². The topological polar surface area (TPSA) is 35.2 Å². The molecule has 1 rings (SSSR count). The SMILES string of the molecule is CC(C)(CN)CCCCOc1cccc(Cl)c1Cl. The fourth-order valence-corrected chi connectivity index (χ4v) is 1.93. The number of ether oxygens (including phenoxy) is 1. The standard InChI is InChI=1S/C14H21Cl2NO/c1-14(2,10-17)8-3-4-9-18-12-7-5-6-11(15)13(12)16/h5-7H,3-4,8-10,17H2,1-2H3. The zero-order valence-electron chi connectivity index (χ0n) is 11.0. The van der Waals surface area contributed by atoms with E-state index in [1.54, 1.807) is 6.07 Å². The molecule has 0 spiro atoms. The highest BCUT2D eigenvalue weighted by Crippen LogP contribution is 2.31. The maximum Gasteiger partial charge on any atom is 0.139 e. The lowest BCUT2D eigenvalue weighted by Crippen LogP contribution is -2.23. The smallest absolute Gasteiger partial charge is 0.139 e. The van der Waals surface area contributed by atoms with Gasteiger partial charge in [-0.1, -0.05) is 43.1 Å². The summed E-state index contributed by atoms with van der Waals surface area (Å²) >= 11 is 11.9. The summed E-state index contributed by atoms with van der Waals surface area (Å²) in [6.45, 7) is 5.73. The molecule has 0 bridgehead atoms. The minimum Gasteiger partial charge on any atom is -0.492 e. The number of unbranched alkanes of at least 4 members (excludes halogenated alkanes) is 1. The van der Waals surface area contributed by atoms with E-state index >= 15 is 0 Å². The van der Waals surface area contributed by atoms with Gasteiger partial charge in [0.2, 0.25) is 0 Å². The number of rotatable bonds is 7. The molecule has 0 saturated carbocycles. The lowest BCUT2D eigenvalue weighted by molar-refractivity contribution is 0.279. The van der Waals surface area contributed by atoms with Crippen LogP contribution in [-0.4, -0.2) is 13.2 Å². The maximum absolute atomic E-state index is 6.03. The van der Waals surface area contributed by atoms with Crippen molar-refractivity contribution in [2.24, 2.45) is 11.1 Å². The van der Waals surface area contributed by atoms with Crippen LogP contribution in [0.4, 0.5) is 0 Å². The third-order valence-corrected chi connectivity index (χ3v) is 3.78. The van der Waals surface area contributed by atoms with Gasteiger partial charge in [0.1, 0.15) is 10.8 Å². The first kappa shape index (κ1) is 15.6. The molecule has 1 aromatic rings. The first-order valence-corrected chi connectivity index (χ1v) is 6.99. The summed E-state index contributed by atoms with van der Waals surface area (Å²) in [4.78, 5) is 0. The molecule has 1 aromatic carbocycles. The Labute approximate surface area is 119 Å². The molecule has 2 N–H and O–H groups in total. The van der Waals surface area contributed by atoms with Gasteiger partial charge in [0.25, 0.3) is 0 Å². The van der Waals surface area contributed by atoms with Gasteiger partial charge in [-0.2, -0.15) is 0 Å². The van der Waals surface area contributed by atoms with Crippen molar-refractivity contribution in [3.63, 3.8) is 0 Å². The highest BCUT2D eigenvalue weighted by Gasteiger charge is 2.14. The van der Waals surface area contributed by atoms with E-state index in [9.17, 15) is 0 Å². The Morgan fingerprint density at radius 1 is 1.22 bits per heavy atom. The van der Waals surface area contributed by atoms with Crippen molar-refractivity contribution in [3.8, 4) is 5.75 Å². The van der Waals surface area contributed by atoms with Crippen molar-refractivity contribution in [1.29, 1.82) is 0 Å². The van der Waals surface area contributed by atoms with Crippen LogP contribution >= 0.6 is 23.2 Å². The third-order valence-electron chi connectivity index (χ3n) is 2.97. The van der Waals surface area contributed by atoms with Crippen molar-refractivity contribution in [2.45, 2.75) is 33.1 Å². The molecule has 0 aliphatic carbocycles. The molecule has 0 aliphatic rings. The molecule has 0 heterocycles. The molecule has 0 unspecified atom stereocenters. The van der Waals surface area contributed by atoms with E-state index in [0.717, 1.165) is 19.3 Å². The first-order chi connectivity index (χ1) is 8.46. The number of hydrogen-bond donors (Lipinski definition) is 1. The van der Waals surface area contributed by atoms with E-state index < -0.39 is 0 Å². The summed E-state index contributed by atoms with van der Waals surface area (Å²) in [5.41, 5.74) is 5.90. The van der Waals surface area contributed by atoms with Crippen LogP contribution in [0.5, 0.6) is 5.75 Å². The van der Waals surface area contributed by atoms with Crippen LogP contribution in [0.15, 0.2) is 18.2 Å². The van der Waals surface area contributed by atoms with Gasteiger partial charge in [0.15, 0.2) is 0 Å². The summed E-state index contributed by atoms with van der Waals surface area (Å²) < 4.78 is 5.62. The molecule has 18 heavy (non-hydrogen) atoms. The third kappa shape index (κ3) is 5.05. The Kier molecular flexibility index (Phi) is 6.27. The van der Waals surface area contributed by atoms with E-state index in [1.165, 1.54) is 0 Å². The molecule has 0 saturated heterocycles. The largest absolute Gasteiger partial charge is 0.492 e. The molecule has 0 radical (unpaired) electrons. The number of benzene rings is 1. The molecule has 0 aromatic heterocycles. The molecule has 2 nitrogen and oxygen atoms in total. The van der Waals surface area contributed by atoms with Gasteiger partial charge in [-0.3, -0.25) is 0 Å². The average Bonchev–Trinajstić information content (AvgIpc) is 2.34. The lowest BCUT2D eigenvalue weighted by Gasteiger charge is -2.21. The average molecular weight is 290 g/mol. The van der Waals surface area contributed by atoms with Gasteiger partial charge in [-0.05, 0) is 43.4 Å². The normalized spacial score (nSPS) is 11.6. The minimum atomic E-state index is 0.216. The quantitative estimate of drug-likeness (QED) is 0.749. The highest BCUT2D eigenvalue weighted by molar-refractivity contribution is 6.42. The van der Waals surface area contributed by atoms with Gasteiger partial charge in [-0.25, -0.2) is 0 Å². The second-order valence-electron chi connectivity index (χ2n) is 5.23. The van der Waals surface area contributed by atoms with Crippen LogP contribution in [0.25, 0.3) is 0 Å². The van der Waals surface area contributed by atoms with Crippen molar-refractivity contribution in [3.05, 3.63) is 28.2 Å². The molecule has 4 heteroatoms. The lowest BCUT2D eigenvalue weighted by atomic mass is 9.87.